The molecule has 1 aliphatic carbocycles. The van der Waals surface area contributed by atoms with Crippen molar-refractivity contribution in [3.63, 3.8) is 0 Å². The van der Waals surface area contributed by atoms with Crippen LogP contribution in [0.4, 0.5) is 0 Å². The Morgan fingerprint density at radius 1 is 1.26 bits per heavy atom. The van der Waals surface area contributed by atoms with Gasteiger partial charge in [-0.1, -0.05) is 26.8 Å². The smallest absolute Gasteiger partial charge is 0.260 e. The lowest BCUT2D eigenvalue weighted by Crippen LogP contribution is -2.40. The highest BCUT2D eigenvalue weighted by atomic mass is 16.5. The zero-order chi connectivity index (χ0) is 16.7. The van der Waals surface area contributed by atoms with Gasteiger partial charge >= 0.3 is 0 Å². The molecule has 2 atom stereocenters. The van der Waals surface area contributed by atoms with Gasteiger partial charge in [0.15, 0.2) is 6.61 Å². The number of carbonyl (C=O) groups is 1. The Bertz CT molecular complexity index is 598. The largest absolute Gasteiger partial charge is 0.497 e. The maximum atomic E-state index is 12.6. The molecule has 0 spiro atoms. The van der Waals surface area contributed by atoms with Crippen LogP contribution < -0.4 is 9.47 Å². The molecule has 2 bridgehead atoms. The molecule has 1 aromatic carbocycles. The van der Waals surface area contributed by atoms with Gasteiger partial charge in [-0.2, -0.15) is 0 Å². The summed E-state index contributed by atoms with van der Waals surface area (Å²) in [6.07, 6.45) is 3.41. The summed E-state index contributed by atoms with van der Waals surface area (Å²) >= 11 is 0. The molecule has 1 aromatic rings. The van der Waals surface area contributed by atoms with E-state index in [1.54, 1.807) is 13.2 Å². The number of benzene rings is 1. The van der Waals surface area contributed by atoms with Crippen LogP contribution in [-0.2, 0) is 4.79 Å². The molecule has 0 radical (unpaired) electrons. The maximum absolute atomic E-state index is 12.6. The third-order valence-corrected chi connectivity index (χ3v) is 5.14. The van der Waals surface area contributed by atoms with Crippen molar-refractivity contribution in [2.45, 2.75) is 46.1 Å². The first-order valence-corrected chi connectivity index (χ1v) is 8.37. The van der Waals surface area contributed by atoms with Crippen LogP contribution in [0.25, 0.3) is 0 Å². The first kappa shape index (κ1) is 16.2. The van der Waals surface area contributed by atoms with E-state index >= 15 is 0 Å². The quantitative estimate of drug-likeness (QED) is 0.853. The highest BCUT2D eigenvalue weighted by Crippen LogP contribution is 2.52. The second kappa shape index (κ2) is 5.73. The second-order valence-corrected chi connectivity index (χ2v) is 8.20. The third kappa shape index (κ3) is 3.46. The number of hydrogen-bond acceptors (Lipinski definition) is 3. The van der Waals surface area contributed by atoms with Crippen LogP contribution in [0.15, 0.2) is 24.3 Å². The van der Waals surface area contributed by atoms with Crippen molar-refractivity contribution < 1.29 is 14.3 Å². The van der Waals surface area contributed by atoms with E-state index in [4.69, 9.17) is 9.47 Å². The highest BCUT2D eigenvalue weighted by molar-refractivity contribution is 5.78. The van der Waals surface area contributed by atoms with Gasteiger partial charge < -0.3 is 14.4 Å². The molecule has 126 valence electrons. The van der Waals surface area contributed by atoms with Crippen LogP contribution in [0.5, 0.6) is 11.5 Å². The highest BCUT2D eigenvalue weighted by Gasteiger charge is 2.50. The van der Waals surface area contributed by atoms with E-state index in [9.17, 15) is 4.79 Å². The molecule has 1 amide bonds. The summed E-state index contributed by atoms with van der Waals surface area (Å²) in [5.41, 5.74) is 0.582. The molecule has 0 aromatic heterocycles. The van der Waals surface area contributed by atoms with E-state index < -0.39 is 0 Å². The lowest BCUT2D eigenvalue weighted by Gasteiger charge is -2.39. The van der Waals surface area contributed by atoms with E-state index in [2.05, 4.69) is 25.7 Å². The molecule has 1 heterocycles. The number of rotatable bonds is 4. The summed E-state index contributed by atoms with van der Waals surface area (Å²) in [6.45, 7) is 7.91. The Morgan fingerprint density at radius 3 is 2.74 bits per heavy atom. The topological polar surface area (TPSA) is 38.8 Å². The standard InChI is InChI=1S/C19H27NO3/c1-18(2)9-14-10-19(3,12-18)13-20(14)17(21)11-23-16-7-5-6-15(8-16)22-4/h5-8,14H,9-13H2,1-4H3. The molecule has 3 rings (SSSR count). The average molecular weight is 317 g/mol. The Balaban J connectivity index is 1.63. The van der Waals surface area contributed by atoms with Gasteiger partial charge in [0.25, 0.3) is 5.91 Å². The molecular formula is C19H27NO3. The van der Waals surface area contributed by atoms with Crippen LogP contribution in [-0.4, -0.2) is 37.1 Å². The van der Waals surface area contributed by atoms with Gasteiger partial charge in [0.1, 0.15) is 11.5 Å². The van der Waals surface area contributed by atoms with E-state index in [0.717, 1.165) is 25.1 Å². The van der Waals surface area contributed by atoms with E-state index in [0.29, 0.717) is 17.2 Å². The van der Waals surface area contributed by atoms with Gasteiger partial charge in [0.05, 0.1) is 7.11 Å². The molecule has 0 N–H and O–H groups in total. The lowest BCUT2D eigenvalue weighted by molar-refractivity contribution is -0.134. The van der Waals surface area contributed by atoms with Gasteiger partial charge in [-0.25, -0.2) is 0 Å². The van der Waals surface area contributed by atoms with Crippen molar-refractivity contribution in [1.82, 2.24) is 4.90 Å². The predicted octanol–water partition coefficient (Wildman–Crippen LogP) is 3.50. The molecule has 23 heavy (non-hydrogen) atoms. The summed E-state index contributed by atoms with van der Waals surface area (Å²) in [5.74, 6) is 1.51. The maximum Gasteiger partial charge on any atom is 0.260 e. The van der Waals surface area contributed by atoms with Gasteiger partial charge in [-0.05, 0) is 42.2 Å². The third-order valence-electron chi connectivity index (χ3n) is 5.14. The van der Waals surface area contributed by atoms with E-state index in [-0.39, 0.29) is 17.9 Å². The number of hydrogen-bond donors (Lipinski definition) is 0. The Labute approximate surface area is 138 Å². The number of methoxy groups -OCH3 is 1. The SMILES string of the molecule is COc1cccc(OCC(=O)N2CC3(C)CC2CC(C)(C)C3)c1. The fourth-order valence-electron chi connectivity index (χ4n) is 4.67. The van der Waals surface area contributed by atoms with Crippen molar-refractivity contribution in [2.24, 2.45) is 10.8 Å². The molecule has 1 saturated heterocycles. The van der Waals surface area contributed by atoms with Gasteiger partial charge in [0, 0.05) is 18.7 Å². The second-order valence-electron chi connectivity index (χ2n) is 8.20. The zero-order valence-corrected chi connectivity index (χ0v) is 14.6. The number of carbonyl (C=O) groups excluding carboxylic acids is 1. The number of amides is 1. The van der Waals surface area contributed by atoms with Crippen molar-refractivity contribution in [2.75, 3.05) is 20.3 Å². The Morgan fingerprint density at radius 2 is 2.00 bits per heavy atom. The van der Waals surface area contributed by atoms with Crippen LogP contribution in [0, 0.1) is 10.8 Å². The first-order chi connectivity index (χ1) is 10.8. The molecule has 4 nitrogen and oxygen atoms in total. The zero-order valence-electron chi connectivity index (χ0n) is 14.6. The summed E-state index contributed by atoms with van der Waals surface area (Å²) in [6, 6.07) is 7.75. The summed E-state index contributed by atoms with van der Waals surface area (Å²) < 4.78 is 10.9. The van der Waals surface area contributed by atoms with Crippen LogP contribution in [0.3, 0.4) is 0 Å². The van der Waals surface area contributed by atoms with E-state index in [1.165, 1.54) is 6.42 Å². The van der Waals surface area contributed by atoms with Crippen molar-refractivity contribution in [3.05, 3.63) is 24.3 Å². The molecule has 2 unspecified atom stereocenters. The predicted molar refractivity (Wildman–Crippen MR) is 89.7 cm³/mol. The monoisotopic (exact) mass is 317 g/mol. The normalized spacial score (nSPS) is 28.5. The molecule has 4 heteroatoms. The minimum absolute atomic E-state index is 0.0965. The van der Waals surface area contributed by atoms with Crippen LogP contribution in [0.2, 0.25) is 0 Å². The number of likely N-dealkylation sites (tertiary alicyclic amines) is 1. The van der Waals surface area contributed by atoms with Crippen LogP contribution >= 0.6 is 0 Å². The van der Waals surface area contributed by atoms with Crippen molar-refractivity contribution in [3.8, 4) is 11.5 Å². The first-order valence-electron chi connectivity index (χ1n) is 8.37. The Kier molecular flexibility index (Phi) is 4.03. The molecule has 1 aliphatic heterocycles. The summed E-state index contributed by atoms with van der Waals surface area (Å²) in [5, 5.41) is 0. The number of nitrogens with zero attached hydrogens (tertiary/aromatic N) is 1. The summed E-state index contributed by atoms with van der Waals surface area (Å²) in [7, 11) is 1.62. The fraction of sp³-hybridized carbons (Fsp3) is 0.632. The van der Waals surface area contributed by atoms with Crippen LogP contribution in [0.1, 0.15) is 40.0 Å². The van der Waals surface area contributed by atoms with Gasteiger partial charge in [-0.3, -0.25) is 4.79 Å². The number of ether oxygens (including phenoxy) is 2. The van der Waals surface area contributed by atoms with Crippen molar-refractivity contribution in [1.29, 1.82) is 0 Å². The van der Waals surface area contributed by atoms with Crippen molar-refractivity contribution >= 4 is 5.91 Å². The lowest BCUT2D eigenvalue weighted by atomic mass is 9.65. The Hall–Kier alpha value is -1.71. The minimum atomic E-state index is 0.0965. The fourth-order valence-corrected chi connectivity index (χ4v) is 4.67. The average Bonchev–Trinajstić information content (AvgIpc) is 2.74. The molecule has 1 saturated carbocycles. The summed E-state index contributed by atoms with van der Waals surface area (Å²) in [4.78, 5) is 14.7. The van der Waals surface area contributed by atoms with Gasteiger partial charge in [-0.15, -0.1) is 0 Å². The van der Waals surface area contributed by atoms with E-state index in [1.807, 2.05) is 18.2 Å². The minimum Gasteiger partial charge on any atom is -0.497 e. The number of fused-ring (bicyclic) bond motifs is 2. The molecular weight excluding hydrogens is 290 g/mol. The van der Waals surface area contributed by atoms with Gasteiger partial charge in [0.2, 0.25) is 0 Å². The molecule has 2 fully saturated rings. The molecule has 2 aliphatic rings.